The molecule has 1 aliphatic heterocycles. The van der Waals surface area contributed by atoms with Crippen LogP contribution in [0.2, 0.25) is 0 Å². The van der Waals surface area contributed by atoms with Crippen LogP contribution in [0.1, 0.15) is 50.4 Å². The van der Waals surface area contributed by atoms with Gasteiger partial charge < -0.3 is 10.3 Å². The van der Waals surface area contributed by atoms with Crippen molar-refractivity contribution in [3.05, 3.63) is 27.9 Å². The average molecular weight is 235 g/mol. The molecule has 2 heterocycles. The van der Waals surface area contributed by atoms with E-state index in [1.807, 2.05) is 13.8 Å². The average Bonchev–Trinajstić information content (AvgIpc) is 2.30. The monoisotopic (exact) mass is 235 g/mol. The molecule has 2 rings (SSSR count). The molecule has 0 aromatic carbocycles. The van der Waals surface area contributed by atoms with Crippen LogP contribution in [-0.4, -0.2) is 22.6 Å². The molecule has 1 atom stereocenters. The smallest absolute Gasteiger partial charge is 0.254 e. The second-order valence-corrected chi connectivity index (χ2v) is 5.12. The van der Waals surface area contributed by atoms with E-state index in [-0.39, 0.29) is 11.5 Å². The van der Waals surface area contributed by atoms with E-state index in [1.54, 1.807) is 6.20 Å². The van der Waals surface area contributed by atoms with Gasteiger partial charge in [-0.3, -0.25) is 4.79 Å². The van der Waals surface area contributed by atoms with Crippen molar-refractivity contribution in [2.24, 2.45) is 0 Å². The zero-order valence-electron chi connectivity index (χ0n) is 10.6. The minimum absolute atomic E-state index is 0.0146. The van der Waals surface area contributed by atoms with Crippen molar-refractivity contribution in [2.75, 3.05) is 6.54 Å². The lowest BCUT2D eigenvalue weighted by Crippen LogP contribution is -2.36. The number of hydrogen-bond donors (Lipinski definition) is 2. The van der Waals surface area contributed by atoms with Crippen LogP contribution in [0.4, 0.5) is 0 Å². The van der Waals surface area contributed by atoms with Crippen LogP contribution in [0.3, 0.4) is 0 Å². The summed E-state index contributed by atoms with van der Waals surface area (Å²) in [5.74, 6) is 1.03. The maximum Gasteiger partial charge on any atom is 0.254 e. The van der Waals surface area contributed by atoms with Crippen LogP contribution in [0.25, 0.3) is 0 Å². The quantitative estimate of drug-likeness (QED) is 0.836. The van der Waals surface area contributed by atoms with Gasteiger partial charge in [0, 0.05) is 24.2 Å². The molecule has 4 heteroatoms. The predicted octanol–water partition coefficient (Wildman–Crippen LogP) is 1.58. The molecule has 0 bridgehead atoms. The van der Waals surface area contributed by atoms with Crippen LogP contribution in [0.15, 0.2) is 11.0 Å². The summed E-state index contributed by atoms with van der Waals surface area (Å²) >= 11 is 0. The predicted molar refractivity (Wildman–Crippen MR) is 68.3 cm³/mol. The summed E-state index contributed by atoms with van der Waals surface area (Å²) in [6, 6.07) is 0.469. The Morgan fingerprint density at radius 3 is 2.88 bits per heavy atom. The topological polar surface area (TPSA) is 57.8 Å². The summed E-state index contributed by atoms with van der Waals surface area (Å²) in [6.07, 6.45) is 6.25. The molecule has 4 nitrogen and oxygen atoms in total. The van der Waals surface area contributed by atoms with Crippen molar-refractivity contribution in [1.82, 2.24) is 15.3 Å². The molecule has 0 spiro atoms. The van der Waals surface area contributed by atoms with Gasteiger partial charge in [-0.1, -0.05) is 20.3 Å². The van der Waals surface area contributed by atoms with E-state index in [2.05, 4.69) is 15.3 Å². The van der Waals surface area contributed by atoms with Crippen molar-refractivity contribution in [1.29, 1.82) is 0 Å². The van der Waals surface area contributed by atoms with Crippen molar-refractivity contribution in [3.8, 4) is 0 Å². The molecule has 1 fully saturated rings. The van der Waals surface area contributed by atoms with Gasteiger partial charge in [-0.25, -0.2) is 4.98 Å². The SMILES string of the molecule is CC(C)c1cnc(CC2CCCCN2)[nH]c1=O. The standard InChI is InChI=1S/C13H21N3O/c1-9(2)11-8-15-12(16-13(11)17)7-10-5-3-4-6-14-10/h8-10,14H,3-7H2,1-2H3,(H,15,16,17). The van der Waals surface area contributed by atoms with Crippen LogP contribution in [-0.2, 0) is 6.42 Å². The highest BCUT2D eigenvalue weighted by Crippen LogP contribution is 2.11. The molecule has 1 unspecified atom stereocenters. The zero-order chi connectivity index (χ0) is 12.3. The van der Waals surface area contributed by atoms with Gasteiger partial charge in [0.15, 0.2) is 0 Å². The Balaban J connectivity index is 2.06. The largest absolute Gasteiger partial charge is 0.314 e. The number of piperidine rings is 1. The third kappa shape index (κ3) is 3.16. The van der Waals surface area contributed by atoms with Gasteiger partial charge in [0.2, 0.25) is 0 Å². The summed E-state index contributed by atoms with van der Waals surface area (Å²) < 4.78 is 0. The fraction of sp³-hybridized carbons (Fsp3) is 0.692. The van der Waals surface area contributed by atoms with E-state index in [0.717, 1.165) is 24.4 Å². The Labute approximate surface area is 102 Å². The van der Waals surface area contributed by atoms with Crippen LogP contribution < -0.4 is 10.9 Å². The van der Waals surface area contributed by atoms with E-state index in [9.17, 15) is 4.79 Å². The Hall–Kier alpha value is -1.16. The van der Waals surface area contributed by atoms with Gasteiger partial charge in [-0.15, -0.1) is 0 Å². The molecule has 1 aromatic heterocycles. The molecule has 1 saturated heterocycles. The molecule has 1 aliphatic rings. The number of aromatic amines is 1. The fourth-order valence-corrected chi connectivity index (χ4v) is 2.29. The van der Waals surface area contributed by atoms with E-state index in [4.69, 9.17) is 0 Å². The molecule has 0 amide bonds. The molecule has 0 saturated carbocycles. The second-order valence-electron chi connectivity index (χ2n) is 5.12. The van der Waals surface area contributed by atoms with Gasteiger partial charge in [-0.05, 0) is 25.3 Å². The highest BCUT2D eigenvalue weighted by molar-refractivity contribution is 5.10. The van der Waals surface area contributed by atoms with E-state index >= 15 is 0 Å². The maximum atomic E-state index is 11.8. The number of aromatic nitrogens is 2. The minimum atomic E-state index is 0.0146. The third-order valence-electron chi connectivity index (χ3n) is 3.35. The number of hydrogen-bond acceptors (Lipinski definition) is 3. The second kappa shape index (κ2) is 5.45. The number of nitrogens with zero attached hydrogens (tertiary/aromatic N) is 1. The first-order valence-corrected chi connectivity index (χ1v) is 6.48. The Morgan fingerprint density at radius 1 is 1.47 bits per heavy atom. The molecule has 1 aromatic rings. The van der Waals surface area contributed by atoms with Gasteiger partial charge in [-0.2, -0.15) is 0 Å². The molecular formula is C13H21N3O. The molecule has 0 radical (unpaired) electrons. The third-order valence-corrected chi connectivity index (χ3v) is 3.35. The summed E-state index contributed by atoms with van der Waals surface area (Å²) in [7, 11) is 0. The molecule has 94 valence electrons. The van der Waals surface area contributed by atoms with Gasteiger partial charge in [0.25, 0.3) is 5.56 Å². The van der Waals surface area contributed by atoms with Crippen LogP contribution in [0, 0.1) is 0 Å². The van der Waals surface area contributed by atoms with Gasteiger partial charge in [0.1, 0.15) is 5.82 Å². The Bertz CT molecular complexity index is 419. The van der Waals surface area contributed by atoms with Gasteiger partial charge in [0.05, 0.1) is 0 Å². The van der Waals surface area contributed by atoms with E-state index in [1.165, 1.54) is 19.3 Å². The first-order chi connectivity index (χ1) is 8.16. The summed E-state index contributed by atoms with van der Waals surface area (Å²) in [4.78, 5) is 19.1. The summed E-state index contributed by atoms with van der Waals surface area (Å²) in [5.41, 5.74) is 0.783. The molecule has 17 heavy (non-hydrogen) atoms. The van der Waals surface area contributed by atoms with Crippen LogP contribution in [0.5, 0.6) is 0 Å². The van der Waals surface area contributed by atoms with Crippen molar-refractivity contribution < 1.29 is 0 Å². The highest BCUT2D eigenvalue weighted by Gasteiger charge is 2.15. The Morgan fingerprint density at radius 2 is 2.29 bits per heavy atom. The fourth-order valence-electron chi connectivity index (χ4n) is 2.29. The zero-order valence-corrected chi connectivity index (χ0v) is 10.6. The minimum Gasteiger partial charge on any atom is -0.314 e. The maximum absolute atomic E-state index is 11.8. The lowest BCUT2D eigenvalue weighted by atomic mass is 10.0. The first-order valence-electron chi connectivity index (χ1n) is 6.48. The first kappa shape index (κ1) is 12.3. The lowest BCUT2D eigenvalue weighted by Gasteiger charge is -2.22. The lowest BCUT2D eigenvalue weighted by molar-refractivity contribution is 0.394. The number of H-pyrrole nitrogens is 1. The highest BCUT2D eigenvalue weighted by atomic mass is 16.1. The molecular weight excluding hydrogens is 214 g/mol. The summed E-state index contributed by atoms with van der Waals surface area (Å²) in [6.45, 7) is 5.10. The van der Waals surface area contributed by atoms with Crippen molar-refractivity contribution in [3.63, 3.8) is 0 Å². The van der Waals surface area contributed by atoms with Gasteiger partial charge >= 0.3 is 0 Å². The van der Waals surface area contributed by atoms with Crippen molar-refractivity contribution >= 4 is 0 Å². The summed E-state index contributed by atoms with van der Waals surface area (Å²) in [5, 5.41) is 3.46. The molecule has 0 aliphatic carbocycles. The normalized spacial score (nSPS) is 20.8. The van der Waals surface area contributed by atoms with E-state index < -0.39 is 0 Å². The Kier molecular flexibility index (Phi) is 3.94. The number of rotatable bonds is 3. The van der Waals surface area contributed by atoms with E-state index in [0.29, 0.717) is 6.04 Å². The van der Waals surface area contributed by atoms with Crippen molar-refractivity contribution in [2.45, 2.75) is 51.5 Å². The molecule has 2 N–H and O–H groups in total. The van der Waals surface area contributed by atoms with Crippen LogP contribution >= 0.6 is 0 Å². The number of nitrogens with one attached hydrogen (secondary N) is 2.